The number of aliphatic hydroxyl groups is 2. The van der Waals surface area contributed by atoms with Crippen LogP contribution in [0.4, 0.5) is 0 Å². The van der Waals surface area contributed by atoms with Crippen LogP contribution < -0.4 is 5.73 Å². The van der Waals surface area contributed by atoms with Crippen LogP contribution in [-0.2, 0) is 42.3 Å². The third-order valence-corrected chi connectivity index (χ3v) is 12.5. The Bertz CT molecular complexity index is 1330. The first-order chi connectivity index (χ1) is 30.3. The molecule has 366 valence electrons. The van der Waals surface area contributed by atoms with Crippen LogP contribution in [0, 0.1) is 11.8 Å². The first kappa shape index (κ1) is 58.6. The largest absolute Gasteiger partial charge is 0.480 e. The number of phosphoric acid groups is 1. The Hall–Kier alpha value is -2.45. The average molecular weight is 916 g/mol. The number of carboxylic acids is 1. The highest BCUT2D eigenvalue weighted by Crippen LogP contribution is 2.43. The molecular weight excluding hydrogens is 829 g/mol. The molecule has 15 heteroatoms. The molecule has 1 unspecified atom stereocenters. The summed E-state index contributed by atoms with van der Waals surface area (Å²) < 4.78 is 32.7. The summed E-state index contributed by atoms with van der Waals surface area (Å²) in [6.07, 6.45) is 33.2. The maximum Gasteiger partial charge on any atom is 0.472 e. The summed E-state index contributed by atoms with van der Waals surface area (Å²) in [5, 5.41) is 29.7. The summed E-state index contributed by atoms with van der Waals surface area (Å²) in [4.78, 5) is 58.8. The van der Waals surface area contributed by atoms with E-state index in [0.717, 1.165) is 38.5 Å². The number of carboxylic acid groups (broad SMARTS) is 1. The Balaban J connectivity index is 2.42. The van der Waals surface area contributed by atoms with Gasteiger partial charge in [0.15, 0.2) is 6.10 Å². The maximum atomic E-state index is 12.7. The number of unbranched alkanes of at least 4 members (excludes halogenated alkanes) is 21. The minimum atomic E-state index is -4.78. The standard InChI is InChI=1S/C48H86NO13P/c1-3-5-7-8-9-10-11-12-13-14-15-16-17-18-19-20-21-22-28-32-47(54)62-40(37-60-63(57,58)61-38-43(49)48(55)56)36-59-46(53)31-27-24-23-26-30-41-42(45(52)35-44(41)51)34-33-39(50)29-25-6-4-2/h23,26,33-34,39-44,50-51H,3-22,24-25,27-32,35-38,49H2,1-2H3,(H,55,56)(H,57,58)/b26-23-,34-33+/t39-,40+,41+,42+,43-,44-/m0/s1. The number of hydrogen-bond acceptors (Lipinski definition) is 12. The van der Waals surface area contributed by atoms with Gasteiger partial charge in [0.1, 0.15) is 18.4 Å². The smallest absolute Gasteiger partial charge is 0.472 e. The van der Waals surface area contributed by atoms with Gasteiger partial charge in [-0.15, -0.1) is 0 Å². The van der Waals surface area contributed by atoms with E-state index in [1.165, 1.54) is 96.3 Å². The van der Waals surface area contributed by atoms with E-state index in [1.807, 2.05) is 12.2 Å². The van der Waals surface area contributed by atoms with Crippen LogP contribution in [0.2, 0.25) is 0 Å². The van der Waals surface area contributed by atoms with Crippen molar-refractivity contribution in [3.8, 4) is 0 Å². The fraction of sp³-hybridized carbons (Fsp3) is 0.833. The van der Waals surface area contributed by atoms with Crippen LogP contribution in [0.15, 0.2) is 24.3 Å². The molecule has 0 radical (unpaired) electrons. The van der Waals surface area contributed by atoms with Gasteiger partial charge < -0.3 is 35.4 Å². The van der Waals surface area contributed by atoms with E-state index in [2.05, 4.69) is 18.4 Å². The van der Waals surface area contributed by atoms with Gasteiger partial charge in [0.25, 0.3) is 0 Å². The highest BCUT2D eigenvalue weighted by Gasteiger charge is 2.39. The molecule has 0 amide bonds. The van der Waals surface area contributed by atoms with Crippen molar-refractivity contribution in [2.45, 2.75) is 224 Å². The zero-order valence-electron chi connectivity index (χ0n) is 38.9. The van der Waals surface area contributed by atoms with Crippen molar-refractivity contribution in [1.82, 2.24) is 0 Å². The summed E-state index contributed by atoms with van der Waals surface area (Å²) in [6.45, 7) is 2.46. The highest BCUT2D eigenvalue weighted by atomic mass is 31.2. The van der Waals surface area contributed by atoms with Gasteiger partial charge in [0.05, 0.1) is 25.4 Å². The van der Waals surface area contributed by atoms with Crippen molar-refractivity contribution in [1.29, 1.82) is 0 Å². The second kappa shape index (κ2) is 37.7. The number of ketones is 1. The van der Waals surface area contributed by atoms with Crippen LogP contribution in [0.3, 0.4) is 0 Å². The number of allylic oxidation sites excluding steroid dienone is 3. The molecular formula is C48H86NO13P. The van der Waals surface area contributed by atoms with E-state index in [9.17, 15) is 38.8 Å². The SMILES string of the molecule is CCCCCCCCCCCCCCCCCCCCCC(=O)O[C@H](COC(=O)CCC/C=C\C[C@H]1[C@@H](O)CC(=O)[C@@H]1/C=C/[C@@H](O)CCCCC)COP(=O)(O)OC[C@H](N)C(=O)O. The van der Waals surface area contributed by atoms with Gasteiger partial charge >= 0.3 is 25.7 Å². The summed E-state index contributed by atoms with van der Waals surface area (Å²) in [7, 11) is -4.78. The van der Waals surface area contributed by atoms with Crippen molar-refractivity contribution < 1.29 is 62.5 Å². The Labute approximate surface area is 379 Å². The lowest BCUT2D eigenvalue weighted by Gasteiger charge is -2.20. The van der Waals surface area contributed by atoms with Gasteiger partial charge in [0, 0.05) is 31.1 Å². The Kier molecular flexibility index (Phi) is 35.1. The molecule has 14 nitrogen and oxygen atoms in total. The molecule has 1 fully saturated rings. The number of Topliss-reactive ketones (excluding diaryl/α,β-unsaturated/α-hetero) is 1. The van der Waals surface area contributed by atoms with E-state index >= 15 is 0 Å². The Morgan fingerprint density at radius 2 is 1.24 bits per heavy atom. The molecule has 1 aliphatic rings. The fourth-order valence-electron chi connectivity index (χ4n) is 7.64. The van der Waals surface area contributed by atoms with Gasteiger partial charge in [-0.3, -0.25) is 28.2 Å². The normalized spacial score (nSPS) is 19.1. The molecule has 1 saturated carbocycles. The molecule has 0 aromatic rings. The van der Waals surface area contributed by atoms with Crippen LogP contribution in [-0.4, -0.2) is 88.1 Å². The number of ether oxygens (including phenoxy) is 2. The van der Waals surface area contributed by atoms with E-state index in [1.54, 1.807) is 12.2 Å². The molecule has 1 aliphatic carbocycles. The molecule has 0 spiro atoms. The number of carbonyl (C=O) groups is 4. The third-order valence-electron chi connectivity index (χ3n) is 11.6. The minimum Gasteiger partial charge on any atom is -0.480 e. The van der Waals surface area contributed by atoms with Gasteiger partial charge in [-0.1, -0.05) is 173 Å². The van der Waals surface area contributed by atoms with E-state index in [0.29, 0.717) is 32.1 Å². The number of phosphoric ester groups is 1. The number of hydrogen-bond donors (Lipinski definition) is 5. The zero-order chi connectivity index (χ0) is 46.6. The van der Waals surface area contributed by atoms with Gasteiger partial charge in [-0.05, 0) is 32.1 Å². The van der Waals surface area contributed by atoms with Crippen molar-refractivity contribution in [3.63, 3.8) is 0 Å². The first-order valence-electron chi connectivity index (χ1n) is 24.5. The van der Waals surface area contributed by atoms with E-state index in [4.69, 9.17) is 24.8 Å². The molecule has 0 aromatic heterocycles. The lowest BCUT2D eigenvalue weighted by Crippen LogP contribution is -2.34. The maximum absolute atomic E-state index is 12.7. The van der Waals surface area contributed by atoms with Crippen LogP contribution >= 0.6 is 7.82 Å². The number of carbonyl (C=O) groups excluding carboxylic acids is 3. The first-order valence-corrected chi connectivity index (χ1v) is 26.0. The third kappa shape index (κ3) is 32.0. The average Bonchev–Trinajstić information content (AvgIpc) is 3.52. The molecule has 0 heterocycles. The van der Waals surface area contributed by atoms with Crippen molar-refractivity contribution >= 4 is 31.5 Å². The molecule has 1 rings (SSSR count). The number of nitrogens with two attached hydrogens (primary N) is 1. The van der Waals surface area contributed by atoms with Crippen molar-refractivity contribution in [2.24, 2.45) is 17.6 Å². The van der Waals surface area contributed by atoms with Gasteiger partial charge in [-0.2, -0.15) is 0 Å². The van der Waals surface area contributed by atoms with Crippen molar-refractivity contribution in [2.75, 3.05) is 19.8 Å². The van der Waals surface area contributed by atoms with Crippen LogP contribution in [0.5, 0.6) is 0 Å². The number of rotatable bonds is 42. The Morgan fingerprint density at radius 1 is 0.730 bits per heavy atom. The quantitative estimate of drug-likeness (QED) is 0.0166. The molecule has 7 atom stereocenters. The Morgan fingerprint density at radius 3 is 1.79 bits per heavy atom. The highest BCUT2D eigenvalue weighted by molar-refractivity contribution is 7.47. The lowest BCUT2D eigenvalue weighted by atomic mass is 9.90. The monoisotopic (exact) mass is 916 g/mol. The fourth-order valence-corrected chi connectivity index (χ4v) is 8.41. The molecule has 6 N–H and O–H groups in total. The lowest BCUT2D eigenvalue weighted by molar-refractivity contribution is -0.161. The predicted molar refractivity (Wildman–Crippen MR) is 246 cm³/mol. The minimum absolute atomic E-state index is 0.0335. The topological polar surface area (TPSA) is 229 Å². The summed E-state index contributed by atoms with van der Waals surface area (Å²) >= 11 is 0. The second-order valence-corrected chi connectivity index (χ2v) is 18.8. The molecule has 0 aromatic carbocycles. The van der Waals surface area contributed by atoms with E-state index in [-0.39, 0.29) is 31.0 Å². The zero-order valence-corrected chi connectivity index (χ0v) is 39.8. The molecule has 63 heavy (non-hydrogen) atoms. The summed E-state index contributed by atoms with van der Waals surface area (Å²) in [5.74, 6) is -3.40. The van der Waals surface area contributed by atoms with Gasteiger partial charge in [-0.25, -0.2) is 4.57 Å². The predicted octanol–water partition coefficient (Wildman–Crippen LogP) is 9.99. The van der Waals surface area contributed by atoms with Crippen molar-refractivity contribution in [3.05, 3.63) is 24.3 Å². The van der Waals surface area contributed by atoms with Gasteiger partial charge in [0.2, 0.25) is 0 Å². The molecule has 0 bridgehead atoms. The van der Waals surface area contributed by atoms with Crippen LogP contribution in [0.1, 0.15) is 200 Å². The second-order valence-electron chi connectivity index (χ2n) is 17.4. The molecule has 0 saturated heterocycles. The number of esters is 2. The summed E-state index contributed by atoms with van der Waals surface area (Å²) in [5.41, 5.74) is 5.34. The number of aliphatic hydroxyl groups excluding tert-OH is 2. The summed E-state index contributed by atoms with van der Waals surface area (Å²) in [6, 6.07) is -1.56. The van der Waals surface area contributed by atoms with Crippen LogP contribution in [0.25, 0.3) is 0 Å². The van der Waals surface area contributed by atoms with E-state index < -0.39 is 75.8 Å². The number of aliphatic carboxylic acids is 1. The molecule has 0 aliphatic heterocycles.